The first-order valence-corrected chi connectivity index (χ1v) is 16.0. The summed E-state index contributed by atoms with van der Waals surface area (Å²) in [7, 11) is 0. The molecule has 0 aromatic rings. The number of aliphatic imine (C=N–C) groups is 3. The number of allylic oxidation sites excluding steroid dienone is 9. The molecule has 5 heterocycles. The maximum absolute atomic E-state index is 14.5. The van der Waals surface area contributed by atoms with Gasteiger partial charge in [-0.05, 0) is 103 Å². The molecule has 0 spiro atoms. The largest absolute Gasteiger partial charge is 2.00 e. The molecule has 1 N–H and O–H groups in total. The SMILES string of the molecule is CCC1=C(CC)C2=NC1=CC1=C([O-])C(CC)(CC)C(=C([O-])C3=NC(=CC4=NC(=C2)C(CC)=C4CC)C(CC)=C3CC)N1.[Ni+2]. The first kappa shape index (κ1) is 32.7. The van der Waals surface area contributed by atoms with Gasteiger partial charge in [-0.3, -0.25) is 0 Å². The van der Waals surface area contributed by atoms with E-state index < -0.39 is 5.41 Å². The minimum atomic E-state index is -0.911. The van der Waals surface area contributed by atoms with E-state index in [1.807, 2.05) is 19.9 Å². The van der Waals surface area contributed by atoms with E-state index in [0.29, 0.717) is 36.4 Å². The van der Waals surface area contributed by atoms with E-state index in [0.717, 1.165) is 77.3 Å². The van der Waals surface area contributed by atoms with Crippen molar-refractivity contribution in [1.82, 2.24) is 5.32 Å². The van der Waals surface area contributed by atoms with Crippen LogP contribution in [0.25, 0.3) is 0 Å². The van der Waals surface area contributed by atoms with Crippen LogP contribution < -0.4 is 15.5 Å². The van der Waals surface area contributed by atoms with E-state index in [1.165, 1.54) is 16.7 Å². The van der Waals surface area contributed by atoms with Crippen molar-refractivity contribution in [2.24, 2.45) is 20.4 Å². The number of nitrogens with one attached hydrogen (secondary N) is 1. The second-order valence-corrected chi connectivity index (χ2v) is 11.4. The van der Waals surface area contributed by atoms with E-state index in [2.05, 4.69) is 59.0 Å². The summed E-state index contributed by atoms with van der Waals surface area (Å²) >= 11 is 0. The molecule has 5 aliphatic rings. The summed E-state index contributed by atoms with van der Waals surface area (Å²) in [5.74, 6) is -0.215. The predicted octanol–water partition coefficient (Wildman–Crippen LogP) is 6.92. The molecule has 0 aliphatic carbocycles. The average molecular weight is 623 g/mol. The second-order valence-electron chi connectivity index (χ2n) is 11.4. The summed E-state index contributed by atoms with van der Waals surface area (Å²) in [5, 5.41) is 31.9. The van der Waals surface area contributed by atoms with Crippen molar-refractivity contribution >= 4 is 17.1 Å². The standard InChI is InChI=1S/C36H46N4O2.Ni/c1-9-20-21(10-2)28-18-30-24(13-5)25(14-6)32(39-30)33(41)34-36(15-7,16-8)35(42)31(40-34)19-29-23(12-4)22(11-3)27(38-29)17-26(20)37-28;/h17-19,40-42H,9-16H2,1-8H3;/q;+2/p-2. The van der Waals surface area contributed by atoms with E-state index >= 15 is 0 Å². The van der Waals surface area contributed by atoms with Gasteiger partial charge in [-0.15, -0.1) is 0 Å². The van der Waals surface area contributed by atoms with Crippen LogP contribution in [0, 0.1) is 5.41 Å². The number of rotatable bonds is 8. The molecule has 8 bridgehead atoms. The smallest absolute Gasteiger partial charge is 0.873 e. The Morgan fingerprint density at radius 1 is 0.581 bits per heavy atom. The molecule has 0 fully saturated rings. The van der Waals surface area contributed by atoms with E-state index in [-0.39, 0.29) is 28.0 Å². The third kappa shape index (κ3) is 4.98. The molecule has 0 aromatic heterocycles. The minimum absolute atomic E-state index is 0. The quantitative estimate of drug-likeness (QED) is 0.298. The molecule has 230 valence electrons. The van der Waals surface area contributed by atoms with Crippen LogP contribution in [0.5, 0.6) is 0 Å². The Morgan fingerprint density at radius 2 is 1.00 bits per heavy atom. The Hall–Kier alpha value is -3.18. The molecule has 43 heavy (non-hydrogen) atoms. The molecule has 5 rings (SSSR count). The number of hydrogen-bond donors (Lipinski definition) is 1. The van der Waals surface area contributed by atoms with Crippen LogP contribution in [0.3, 0.4) is 0 Å². The Kier molecular flexibility index (Phi) is 9.76. The minimum Gasteiger partial charge on any atom is -0.873 e. The molecule has 6 nitrogen and oxygen atoms in total. The van der Waals surface area contributed by atoms with Crippen molar-refractivity contribution in [3.05, 3.63) is 91.7 Å². The topological polar surface area (TPSA) is 95.2 Å². The fraction of sp³-hybridized carbons (Fsp3) is 0.472. The molecule has 0 saturated carbocycles. The Balaban J connectivity index is 0.00000423. The molecule has 7 heteroatoms. The molecule has 5 aliphatic heterocycles. The van der Waals surface area contributed by atoms with Crippen LogP contribution >= 0.6 is 0 Å². The first-order valence-electron chi connectivity index (χ1n) is 16.0. The van der Waals surface area contributed by atoms with Crippen LogP contribution in [0.4, 0.5) is 0 Å². The van der Waals surface area contributed by atoms with Crippen molar-refractivity contribution in [2.45, 2.75) is 107 Å². The van der Waals surface area contributed by atoms with Gasteiger partial charge in [0.15, 0.2) is 0 Å². The predicted molar refractivity (Wildman–Crippen MR) is 170 cm³/mol. The van der Waals surface area contributed by atoms with E-state index in [1.54, 1.807) is 0 Å². The van der Waals surface area contributed by atoms with E-state index in [4.69, 9.17) is 15.0 Å². The summed E-state index contributed by atoms with van der Waals surface area (Å²) in [5.41, 5.74) is 11.6. The second kappa shape index (κ2) is 12.8. The van der Waals surface area contributed by atoms with Crippen molar-refractivity contribution < 1.29 is 26.7 Å². The maximum atomic E-state index is 14.5. The summed E-state index contributed by atoms with van der Waals surface area (Å²) in [6.07, 6.45) is 12.0. The van der Waals surface area contributed by atoms with Crippen LogP contribution in [-0.4, -0.2) is 17.1 Å². The van der Waals surface area contributed by atoms with Crippen molar-refractivity contribution in [1.29, 1.82) is 0 Å². The van der Waals surface area contributed by atoms with Gasteiger partial charge in [-0.25, -0.2) is 15.0 Å². The number of nitrogens with zero attached hydrogens (tertiary/aromatic N) is 3. The van der Waals surface area contributed by atoms with Crippen LogP contribution in [0.15, 0.2) is 107 Å². The maximum Gasteiger partial charge on any atom is 2.00 e. The monoisotopic (exact) mass is 622 g/mol. The van der Waals surface area contributed by atoms with Gasteiger partial charge in [0, 0.05) is 16.8 Å². The van der Waals surface area contributed by atoms with Crippen molar-refractivity contribution in [2.75, 3.05) is 0 Å². The Morgan fingerprint density at radius 3 is 1.44 bits per heavy atom. The van der Waals surface area contributed by atoms with Gasteiger partial charge in [-0.1, -0.05) is 66.9 Å². The molecule has 0 aromatic carbocycles. The summed E-state index contributed by atoms with van der Waals surface area (Å²) in [6.45, 7) is 16.8. The zero-order chi connectivity index (χ0) is 30.3. The first-order chi connectivity index (χ1) is 20.3. The Bertz CT molecular complexity index is 1580. The fourth-order valence-electron chi connectivity index (χ4n) is 7.34. The fourth-order valence-corrected chi connectivity index (χ4v) is 7.34. The molecule has 0 amide bonds. The van der Waals surface area contributed by atoms with Crippen molar-refractivity contribution in [3.63, 3.8) is 0 Å². The summed E-state index contributed by atoms with van der Waals surface area (Å²) < 4.78 is 0. The third-order valence-corrected chi connectivity index (χ3v) is 9.65. The third-order valence-electron chi connectivity index (χ3n) is 9.65. The van der Waals surface area contributed by atoms with Gasteiger partial charge in [0.05, 0.1) is 34.2 Å². The van der Waals surface area contributed by atoms with Gasteiger partial charge >= 0.3 is 16.5 Å². The molecule has 0 atom stereocenters. The number of fused-ring (bicyclic) bond motifs is 5. The van der Waals surface area contributed by atoms with E-state index in [9.17, 15) is 10.2 Å². The zero-order valence-corrected chi connectivity index (χ0v) is 27.9. The van der Waals surface area contributed by atoms with Gasteiger partial charge in [-0.2, -0.15) is 0 Å². The molecular weight excluding hydrogens is 579 g/mol. The molecule has 0 saturated heterocycles. The van der Waals surface area contributed by atoms with Crippen LogP contribution in [-0.2, 0) is 16.5 Å². The Labute approximate surface area is 267 Å². The van der Waals surface area contributed by atoms with Gasteiger partial charge in [0.1, 0.15) is 0 Å². The number of hydrogen-bond acceptors (Lipinski definition) is 6. The summed E-state index contributed by atoms with van der Waals surface area (Å²) in [4.78, 5) is 15.3. The van der Waals surface area contributed by atoms with Gasteiger partial charge in [0.2, 0.25) is 0 Å². The van der Waals surface area contributed by atoms with Crippen molar-refractivity contribution in [3.8, 4) is 0 Å². The van der Waals surface area contributed by atoms with Gasteiger partial charge < -0.3 is 15.5 Å². The molecule has 0 unspecified atom stereocenters. The average Bonchev–Trinajstić information content (AvgIpc) is 3.71. The zero-order valence-electron chi connectivity index (χ0n) is 26.9. The van der Waals surface area contributed by atoms with Crippen LogP contribution in [0.2, 0.25) is 0 Å². The molecule has 0 radical (unpaired) electrons. The van der Waals surface area contributed by atoms with Gasteiger partial charge in [0.25, 0.3) is 0 Å². The normalized spacial score (nSPS) is 21.1. The molecular formula is C36H44N4NiO2. The summed E-state index contributed by atoms with van der Waals surface area (Å²) in [6, 6.07) is 0. The van der Waals surface area contributed by atoms with Crippen LogP contribution in [0.1, 0.15) is 107 Å².